The summed E-state index contributed by atoms with van der Waals surface area (Å²) in [6.45, 7) is 11.7. The lowest BCUT2D eigenvalue weighted by molar-refractivity contribution is -0.0354. The van der Waals surface area contributed by atoms with Crippen molar-refractivity contribution in [3.63, 3.8) is 0 Å². The fraction of sp³-hybridized carbons (Fsp3) is 1.00. The molecular formula is C13H28N2OS. The molecule has 0 spiro atoms. The lowest BCUT2D eigenvalue weighted by atomic mass is 9.83. The van der Waals surface area contributed by atoms with Gasteiger partial charge in [0.1, 0.15) is 0 Å². The van der Waals surface area contributed by atoms with Crippen molar-refractivity contribution in [3.05, 3.63) is 0 Å². The molecule has 3 nitrogen and oxygen atoms in total. The molecule has 4 heteroatoms. The van der Waals surface area contributed by atoms with Crippen LogP contribution in [0.5, 0.6) is 0 Å². The first kappa shape index (κ1) is 15.3. The van der Waals surface area contributed by atoms with Gasteiger partial charge in [-0.2, -0.15) is 11.8 Å². The van der Waals surface area contributed by atoms with Crippen LogP contribution >= 0.6 is 11.8 Å². The summed E-state index contributed by atoms with van der Waals surface area (Å²) in [7, 11) is 1.78. The number of rotatable bonds is 5. The highest BCUT2D eigenvalue weighted by atomic mass is 32.2. The van der Waals surface area contributed by atoms with E-state index in [0.717, 1.165) is 13.2 Å². The highest BCUT2D eigenvalue weighted by Crippen LogP contribution is 2.34. The summed E-state index contributed by atoms with van der Waals surface area (Å²) in [5, 5.41) is 0.672. The topological polar surface area (TPSA) is 38.5 Å². The van der Waals surface area contributed by atoms with Crippen molar-refractivity contribution < 1.29 is 4.74 Å². The van der Waals surface area contributed by atoms with Gasteiger partial charge in [-0.15, -0.1) is 0 Å². The Morgan fingerprint density at radius 3 is 2.59 bits per heavy atom. The number of methoxy groups -OCH3 is 1. The molecule has 102 valence electrons. The summed E-state index contributed by atoms with van der Waals surface area (Å²) in [6, 6.07) is 0.565. The Labute approximate surface area is 110 Å². The average Bonchev–Trinajstić information content (AvgIpc) is 2.30. The van der Waals surface area contributed by atoms with E-state index in [1.807, 2.05) is 0 Å². The molecule has 0 aromatic carbocycles. The monoisotopic (exact) mass is 260 g/mol. The lowest BCUT2D eigenvalue weighted by Crippen LogP contribution is -2.66. The third-order valence-corrected chi connectivity index (χ3v) is 5.62. The second-order valence-corrected chi connectivity index (χ2v) is 6.89. The van der Waals surface area contributed by atoms with E-state index >= 15 is 0 Å². The van der Waals surface area contributed by atoms with Gasteiger partial charge in [0, 0.05) is 37.2 Å². The summed E-state index contributed by atoms with van der Waals surface area (Å²) in [5.41, 5.74) is 6.09. The van der Waals surface area contributed by atoms with Crippen molar-refractivity contribution in [2.45, 2.75) is 44.5 Å². The standard InChI is InChI=1S/C13H28N2OS/c1-10(2)13(8-14,9-16-5)15-6-7-17-12(4)11(15)3/h10-12H,6-9,14H2,1-5H3. The van der Waals surface area contributed by atoms with Gasteiger partial charge in [0.25, 0.3) is 0 Å². The zero-order chi connectivity index (χ0) is 13.1. The summed E-state index contributed by atoms with van der Waals surface area (Å²) < 4.78 is 5.47. The summed E-state index contributed by atoms with van der Waals surface area (Å²) in [4.78, 5) is 2.59. The van der Waals surface area contributed by atoms with Crippen LogP contribution < -0.4 is 5.73 Å². The van der Waals surface area contributed by atoms with E-state index in [9.17, 15) is 0 Å². The van der Waals surface area contributed by atoms with E-state index in [-0.39, 0.29) is 5.54 Å². The van der Waals surface area contributed by atoms with Gasteiger partial charge < -0.3 is 10.5 Å². The van der Waals surface area contributed by atoms with Gasteiger partial charge in [0.2, 0.25) is 0 Å². The van der Waals surface area contributed by atoms with Gasteiger partial charge in [0.15, 0.2) is 0 Å². The maximum atomic E-state index is 6.10. The Balaban J connectivity index is 2.95. The predicted octanol–water partition coefficient (Wildman–Crippen LogP) is 1.81. The molecule has 0 aromatic rings. The molecule has 2 N–H and O–H groups in total. The van der Waals surface area contributed by atoms with Crippen molar-refractivity contribution in [2.75, 3.05) is 32.6 Å². The van der Waals surface area contributed by atoms with E-state index in [2.05, 4.69) is 44.4 Å². The Kier molecular flexibility index (Phi) is 5.77. The maximum absolute atomic E-state index is 6.10. The third-order valence-electron chi connectivity index (χ3n) is 4.28. The van der Waals surface area contributed by atoms with Crippen LogP contribution in [0, 0.1) is 5.92 Å². The minimum absolute atomic E-state index is 0.0105. The minimum Gasteiger partial charge on any atom is -0.383 e. The maximum Gasteiger partial charge on any atom is 0.0661 e. The van der Waals surface area contributed by atoms with Crippen LogP contribution in [-0.4, -0.2) is 54.3 Å². The van der Waals surface area contributed by atoms with Gasteiger partial charge in [-0.05, 0) is 12.8 Å². The first-order valence-corrected chi connectivity index (χ1v) is 7.61. The normalized spacial score (nSPS) is 30.5. The molecule has 3 atom stereocenters. The summed E-state index contributed by atoms with van der Waals surface area (Å²) in [6.07, 6.45) is 0. The first-order chi connectivity index (χ1) is 7.99. The second-order valence-electron chi connectivity index (χ2n) is 5.41. The first-order valence-electron chi connectivity index (χ1n) is 6.57. The fourth-order valence-electron chi connectivity index (χ4n) is 2.80. The number of nitrogens with zero attached hydrogens (tertiary/aromatic N) is 1. The smallest absolute Gasteiger partial charge is 0.0661 e. The zero-order valence-electron chi connectivity index (χ0n) is 11.9. The van der Waals surface area contributed by atoms with Gasteiger partial charge in [-0.25, -0.2) is 0 Å². The molecule has 1 heterocycles. The fourth-order valence-corrected chi connectivity index (χ4v) is 3.90. The summed E-state index contributed by atoms with van der Waals surface area (Å²) in [5.74, 6) is 1.70. The Bertz CT molecular complexity index is 237. The lowest BCUT2D eigenvalue weighted by Gasteiger charge is -2.52. The molecule has 17 heavy (non-hydrogen) atoms. The highest BCUT2D eigenvalue weighted by molar-refractivity contribution is 8.00. The number of nitrogens with two attached hydrogens (primary N) is 1. The molecule has 0 radical (unpaired) electrons. The largest absolute Gasteiger partial charge is 0.383 e. The van der Waals surface area contributed by atoms with Crippen molar-refractivity contribution in [3.8, 4) is 0 Å². The Hall–Kier alpha value is 0.230. The average molecular weight is 260 g/mol. The molecule has 1 saturated heterocycles. The van der Waals surface area contributed by atoms with Gasteiger partial charge >= 0.3 is 0 Å². The number of hydrogen-bond acceptors (Lipinski definition) is 4. The number of thioether (sulfide) groups is 1. The van der Waals surface area contributed by atoms with E-state index in [0.29, 0.717) is 23.8 Å². The molecule has 0 aliphatic carbocycles. The van der Waals surface area contributed by atoms with E-state index in [1.165, 1.54) is 5.75 Å². The van der Waals surface area contributed by atoms with Gasteiger partial charge in [-0.3, -0.25) is 4.90 Å². The van der Waals surface area contributed by atoms with Crippen molar-refractivity contribution >= 4 is 11.8 Å². The highest BCUT2D eigenvalue weighted by Gasteiger charge is 2.43. The quantitative estimate of drug-likeness (QED) is 0.818. The predicted molar refractivity (Wildman–Crippen MR) is 76.6 cm³/mol. The molecule has 0 aromatic heterocycles. The van der Waals surface area contributed by atoms with E-state index in [1.54, 1.807) is 7.11 Å². The Morgan fingerprint density at radius 1 is 1.47 bits per heavy atom. The van der Waals surface area contributed by atoms with Crippen molar-refractivity contribution in [1.82, 2.24) is 4.90 Å². The Morgan fingerprint density at radius 2 is 2.12 bits per heavy atom. The zero-order valence-corrected chi connectivity index (χ0v) is 12.7. The second kappa shape index (κ2) is 6.41. The third kappa shape index (κ3) is 2.98. The van der Waals surface area contributed by atoms with Crippen LogP contribution in [0.25, 0.3) is 0 Å². The van der Waals surface area contributed by atoms with E-state index in [4.69, 9.17) is 10.5 Å². The minimum atomic E-state index is -0.0105. The molecule has 3 unspecified atom stereocenters. The van der Waals surface area contributed by atoms with Crippen LogP contribution in [0.2, 0.25) is 0 Å². The van der Waals surface area contributed by atoms with Crippen LogP contribution in [0.1, 0.15) is 27.7 Å². The van der Waals surface area contributed by atoms with Crippen LogP contribution in [0.15, 0.2) is 0 Å². The summed E-state index contributed by atoms with van der Waals surface area (Å²) >= 11 is 2.06. The molecule has 0 amide bonds. The van der Waals surface area contributed by atoms with Crippen LogP contribution in [0.3, 0.4) is 0 Å². The van der Waals surface area contributed by atoms with E-state index < -0.39 is 0 Å². The van der Waals surface area contributed by atoms with Gasteiger partial charge in [0.05, 0.1) is 12.1 Å². The molecule has 1 aliphatic heterocycles. The van der Waals surface area contributed by atoms with Crippen LogP contribution in [0.4, 0.5) is 0 Å². The SMILES string of the molecule is COCC(CN)(C(C)C)N1CCSC(C)C1C. The van der Waals surface area contributed by atoms with Gasteiger partial charge in [-0.1, -0.05) is 20.8 Å². The molecule has 0 saturated carbocycles. The molecule has 1 fully saturated rings. The molecule has 0 bridgehead atoms. The molecule has 1 rings (SSSR count). The molecule has 1 aliphatic rings. The van der Waals surface area contributed by atoms with Crippen LogP contribution in [-0.2, 0) is 4.74 Å². The molecular weight excluding hydrogens is 232 g/mol. The van der Waals surface area contributed by atoms with Crippen molar-refractivity contribution in [2.24, 2.45) is 11.7 Å². The van der Waals surface area contributed by atoms with Crippen molar-refractivity contribution in [1.29, 1.82) is 0 Å². The number of ether oxygens (including phenoxy) is 1. The number of hydrogen-bond donors (Lipinski definition) is 1.